The van der Waals surface area contributed by atoms with E-state index in [9.17, 15) is 4.79 Å². The monoisotopic (exact) mass is 240 g/mol. The minimum Gasteiger partial charge on any atom is -0.464 e. The summed E-state index contributed by atoms with van der Waals surface area (Å²) in [6, 6.07) is 0. The smallest absolute Gasteiger partial charge is 0.358 e. The zero-order valence-corrected chi connectivity index (χ0v) is 8.03. The molecule has 0 amide bonds. The van der Waals surface area contributed by atoms with E-state index in [2.05, 4.69) is 30.6 Å². The van der Waals surface area contributed by atoms with Gasteiger partial charge in [-0.15, -0.1) is 12.4 Å². The number of nitrogens with one attached hydrogen (secondary N) is 1. The number of aromatic amines is 1. The first-order valence-electron chi connectivity index (χ1n) is 2.53. The van der Waals surface area contributed by atoms with Gasteiger partial charge in [-0.05, 0) is 15.9 Å². The molecule has 1 aromatic rings. The average molecular weight is 241 g/mol. The number of carbonyl (C=O) groups excluding carboxylic acids is 1. The normalized spacial score (nSPS) is 8.55. The molecule has 0 aliphatic carbocycles. The van der Waals surface area contributed by atoms with Gasteiger partial charge in [-0.1, -0.05) is 0 Å². The van der Waals surface area contributed by atoms with Gasteiger partial charge in [0.05, 0.1) is 7.11 Å². The van der Waals surface area contributed by atoms with Gasteiger partial charge in [-0.2, -0.15) is 0 Å². The summed E-state index contributed by atoms with van der Waals surface area (Å²) < 4.78 is 4.93. The summed E-state index contributed by atoms with van der Waals surface area (Å²) in [4.78, 5) is 17.2. The number of ether oxygens (including phenoxy) is 1. The summed E-state index contributed by atoms with van der Waals surface area (Å²) in [5.74, 6) is -0.443. The molecule has 0 saturated carbocycles. The lowest BCUT2D eigenvalue weighted by Crippen LogP contribution is -2.00. The molecule has 1 aromatic heterocycles. The number of carbonyl (C=O) groups is 1. The van der Waals surface area contributed by atoms with Crippen LogP contribution >= 0.6 is 28.3 Å². The minimum atomic E-state index is -0.443. The molecule has 0 aliphatic heterocycles. The molecule has 0 radical (unpaired) electrons. The number of H-pyrrole nitrogens is 1. The third-order valence-corrected chi connectivity index (χ3v) is 1.35. The van der Waals surface area contributed by atoms with Gasteiger partial charge < -0.3 is 9.72 Å². The number of nitrogens with zero attached hydrogens (tertiary/aromatic N) is 1. The molecule has 1 rings (SSSR count). The largest absolute Gasteiger partial charge is 0.464 e. The van der Waals surface area contributed by atoms with E-state index in [4.69, 9.17) is 0 Å². The van der Waals surface area contributed by atoms with Gasteiger partial charge in [-0.3, -0.25) is 0 Å². The van der Waals surface area contributed by atoms with E-state index in [0.29, 0.717) is 4.73 Å². The quantitative estimate of drug-likeness (QED) is 0.756. The van der Waals surface area contributed by atoms with E-state index in [1.54, 1.807) is 0 Å². The third-order valence-electron chi connectivity index (χ3n) is 0.941. The fourth-order valence-corrected chi connectivity index (χ4v) is 0.813. The minimum absolute atomic E-state index is 0. The van der Waals surface area contributed by atoms with Crippen molar-refractivity contribution in [3.8, 4) is 0 Å². The summed E-state index contributed by atoms with van der Waals surface area (Å²) in [6.07, 6.45) is 1.47. The van der Waals surface area contributed by atoms with Crippen LogP contribution in [0.25, 0.3) is 0 Å². The number of aromatic nitrogens is 2. The Kier molecular flexibility index (Phi) is 4.14. The molecule has 0 saturated heterocycles. The maximum absolute atomic E-state index is 10.7. The van der Waals surface area contributed by atoms with E-state index in [0.717, 1.165) is 0 Å². The molecular weight excluding hydrogens is 235 g/mol. The second-order valence-electron chi connectivity index (χ2n) is 1.57. The Bertz CT molecular complexity index is 250. The average Bonchev–Trinajstić information content (AvgIpc) is 2.34. The van der Waals surface area contributed by atoms with Crippen LogP contribution in [0.15, 0.2) is 10.9 Å². The Morgan fingerprint density at radius 3 is 2.82 bits per heavy atom. The molecule has 11 heavy (non-hydrogen) atoms. The summed E-state index contributed by atoms with van der Waals surface area (Å²) in [6.45, 7) is 0. The maximum atomic E-state index is 10.7. The van der Waals surface area contributed by atoms with Crippen LogP contribution in [0.1, 0.15) is 10.5 Å². The summed E-state index contributed by atoms with van der Waals surface area (Å²) in [5.41, 5.74) is 0.273. The number of hydrogen-bond donors (Lipinski definition) is 1. The number of rotatable bonds is 1. The molecule has 0 aliphatic rings. The molecule has 0 bridgehead atoms. The van der Waals surface area contributed by atoms with Crippen molar-refractivity contribution in [1.82, 2.24) is 9.97 Å². The predicted molar refractivity (Wildman–Crippen MR) is 44.9 cm³/mol. The Hall–Kier alpha value is -0.550. The highest BCUT2D eigenvalue weighted by Crippen LogP contribution is 2.03. The number of imidazole rings is 1. The van der Waals surface area contributed by atoms with E-state index in [-0.39, 0.29) is 18.1 Å². The third kappa shape index (κ3) is 2.51. The maximum Gasteiger partial charge on any atom is 0.358 e. The van der Waals surface area contributed by atoms with Gasteiger partial charge in [-0.25, -0.2) is 9.78 Å². The second-order valence-corrected chi connectivity index (χ2v) is 2.32. The molecule has 0 spiro atoms. The van der Waals surface area contributed by atoms with E-state index < -0.39 is 5.97 Å². The zero-order chi connectivity index (χ0) is 7.56. The number of methoxy groups -OCH3 is 1. The molecule has 4 nitrogen and oxygen atoms in total. The van der Waals surface area contributed by atoms with Crippen LogP contribution in [-0.2, 0) is 4.74 Å². The first kappa shape index (κ1) is 10.4. The highest BCUT2D eigenvalue weighted by Gasteiger charge is 2.07. The first-order chi connectivity index (χ1) is 4.74. The van der Waals surface area contributed by atoms with Gasteiger partial charge in [0.2, 0.25) is 0 Å². The van der Waals surface area contributed by atoms with Crippen LogP contribution in [0, 0.1) is 0 Å². The lowest BCUT2D eigenvalue weighted by atomic mass is 10.5. The van der Waals surface area contributed by atoms with Crippen LogP contribution in [0.3, 0.4) is 0 Å². The van der Waals surface area contributed by atoms with Crippen molar-refractivity contribution in [2.75, 3.05) is 7.11 Å². The first-order valence-corrected chi connectivity index (χ1v) is 3.32. The highest BCUT2D eigenvalue weighted by atomic mass is 79.9. The summed E-state index contributed by atoms with van der Waals surface area (Å²) in [7, 11) is 1.31. The van der Waals surface area contributed by atoms with Gasteiger partial charge in [0, 0.05) is 6.20 Å². The lowest BCUT2D eigenvalue weighted by Gasteiger charge is -1.89. The van der Waals surface area contributed by atoms with Crippen molar-refractivity contribution in [1.29, 1.82) is 0 Å². The molecule has 1 N–H and O–H groups in total. The van der Waals surface area contributed by atoms with E-state index in [1.165, 1.54) is 13.3 Å². The number of hydrogen-bond acceptors (Lipinski definition) is 3. The fourth-order valence-electron chi connectivity index (χ4n) is 0.507. The Morgan fingerprint density at radius 2 is 2.45 bits per heavy atom. The van der Waals surface area contributed by atoms with Crippen LogP contribution in [0.2, 0.25) is 0 Å². The molecule has 0 unspecified atom stereocenters. The van der Waals surface area contributed by atoms with Crippen molar-refractivity contribution < 1.29 is 9.53 Å². The molecule has 0 aromatic carbocycles. The Balaban J connectivity index is 0.000001000. The molecule has 0 atom stereocenters. The fraction of sp³-hybridized carbons (Fsp3) is 0.200. The molecule has 0 fully saturated rings. The topological polar surface area (TPSA) is 55.0 Å². The van der Waals surface area contributed by atoms with Gasteiger partial charge in [0.1, 0.15) is 0 Å². The van der Waals surface area contributed by atoms with Crippen LogP contribution in [-0.4, -0.2) is 23.0 Å². The van der Waals surface area contributed by atoms with Crippen molar-refractivity contribution in [3.63, 3.8) is 0 Å². The second kappa shape index (κ2) is 4.35. The Morgan fingerprint density at radius 1 is 1.82 bits per heavy atom. The van der Waals surface area contributed by atoms with Crippen LogP contribution in [0.5, 0.6) is 0 Å². The standard InChI is InChI=1S/C5H5BrN2O2.ClH/c1-10-4(9)3-2-7-5(6)8-3;/h2H,1H3,(H,7,8);1H. The van der Waals surface area contributed by atoms with Gasteiger partial charge in [0.15, 0.2) is 10.4 Å². The summed E-state index contributed by atoms with van der Waals surface area (Å²) >= 11 is 3.06. The summed E-state index contributed by atoms with van der Waals surface area (Å²) in [5, 5.41) is 0. The molecule has 6 heteroatoms. The number of esters is 1. The van der Waals surface area contributed by atoms with E-state index >= 15 is 0 Å². The predicted octanol–water partition coefficient (Wildman–Crippen LogP) is 1.38. The van der Waals surface area contributed by atoms with Crippen molar-refractivity contribution >= 4 is 34.3 Å². The SMILES string of the molecule is COC(=O)c1c[nH]c(Br)n1.Cl. The highest BCUT2D eigenvalue weighted by molar-refractivity contribution is 9.10. The van der Waals surface area contributed by atoms with Crippen LogP contribution < -0.4 is 0 Å². The van der Waals surface area contributed by atoms with Gasteiger partial charge >= 0.3 is 5.97 Å². The van der Waals surface area contributed by atoms with Gasteiger partial charge in [0.25, 0.3) is 0 Å². The van der Waals surface area contributed by atoms with Crippen molar-refractivity contribution in [2.45, 2.75) is 0 Å². The lowest BCUT2D eigenvalue weighted by molar-refractivity contribution is 0.0594. The Labute approximate surface area is 77.9 Å². The number of halogens is 2. The van der Waals surface area contributed by atoms with Crippen molar-refractivity contribution in [2.24, 2.45) is 0 Å². The van der Waals surface area contributed by atoms with E-state index in [1.807, 2.05) is 0 Å². The molecule has 62 valence electrons. The molecular formula is C5H6BrClN2O2. The molecule has 1 heterocycles. The zero-order valence-electron chi connectivity index (χ0n) is 5.63. The van der Waals surface area contributed by atoms with Crippen LogP contribution in [0.4, 0.5) is 0 Å². The van der Waals surface area contributed by atoms with Crippen molar-refractivity contribution in [3.05, 3.63) is 16.6 Å².